The van der Waals surface area contributed by atoms with E-state index < -0.39 is 0 Å². The summed E-state index contributed by atoms with van der Waals surface area (Å²) in [6.45, 7) is 4.76. The summed E-state index contributed by atoms with van der Waals surface area (Å²) < 4.78 is 2.09. The second-order valence-electron chi connectivity index (χ2n) is 4.90. The summed E-state index contributed by atoms with van der Waals surface area (Å²) in [5, 5.41) is 0. The number of aromatic nitrogens is 2. The lowest BCUT2D eigenvalue weighted by Gasteiger charge is -2.21. The Morgan fingerprint density at radius 2 is 2.11 bits per heavy atom. The van der Waals surface area contributed by atoms with Crippen LogP contribution in [0.2, 0.25) is 0 Å². The second-order valence-corrected chi connectivity index (χ2v) is 4.90. The summed E-state index contributed by atoms with van der Waals surface area (Å²) in [6, 6.07) is 6.26. The fourth-order valence-corrected chi connectivity index (χ4v) is 2.38. The van der Waals surface area contributed by atoms with Crippen LogP contribution in [-0.2, 0) is 7.05 Å². The van der Waals surface area contributed by atoms with E-state index in [1.54, 1.807) is 0 Å². The molecule has 0 aliphatic carbocycles. The van der Waals surface area contributed by atoms with E-state index >= 15 is 0 Å². The Labute approximate surface area is 108 Å². The summed E-state index contributed by atoms with van der Waals surface area (Å²) in [4.78, 5) is 4.54. The van der Waals surface area contributed by atoms with Crippen molar-refractivity contribution in [1.82, 2.24) is 9.55 Å². The van der Waals surface area contributed by atoms with Gasteiger partial charge in [0.1, 0.15) is 5.82 Å². The van der Waals surface area contributed by atoms with Crippen molar-refractivity contribution in [1.29, 1.82) is 0 Å². The van der Waals surface area contributed by atoms with E-state index in [1.807, 2.05) is 14.0 Å². The minimum Gasteiger partial charge on any atom is -0.331 e. The van der Waals surface area contributed by atoms with Crippen molar-refractivity contribution < 1.29 is 0 Å². The van der Waals surface area contributed by atoms with Gasteiger partial charge in [0, 0.05) is 13.1 Å². The number of benzene rings is 1. The number of fused-ring (bicyclic) bond motifs is 1. The minimum atomic E-state index is -0.00767. The van der Waals surface area contributed by atoms with E-state index in [0.29, 0.717) is 12.5 Å². The van der Waals surface area contributed by atoms with Crippen LogP contribution in [0, 0.1) is 12.8 Å². The summed E-state index contributed by atoms with van der Waals surface area (Å²) in [7, 11) is 2.03. The molecule has 2 aromatic rings. The quantitative estimate of drug-likeness (QED) is 0.865. The molecule has 0 saturated heterocycles. The highest BCUT2D eigenvalue weighted by atomic mass is 15.0. The first-order valence-corrected chi connectivity index (χ1v) is 6.47. The van der Waals surface area contributed by atoms with Crippen molar-refractivity contribution in [2.45, 2.75) is 26.3 Å². The van der Waals surface area contributed by atoms with Crippen molar-refractivity contribution in [3.8, 4) is 0 Å². The van der Waals surface area contributed by atoms with Gasteiger partial charge in [0.15, 0.2) is 0 Å². The van der Waals surface area contributed by atoms with Crippen molar-refractivity contribution in [3.63, 3.8) is 0 Å². The number of nitrogens with two attached hydrogens (primary N) is 2. The Balaban J connectivity index is 2.41. The van der Waals surface area contributed by atoms with Crippen LogP contribution in [0.25, 0.3) is 11.0 Å². The number of hydrogen-bond donors (Lipinski definition) is 2. The molecule has 98 valence electrons. The molecule has 0 saturated carbocycles. The van der Waals surface area contributed by atoms with E-state index in [-0.39, 0.29) is 6.04 Å². The number of hydrogen-bond acceptors (Lipinski definition) is 3. The van der Waals surface area contributed by atoms with Crippen LogP contribution in [0.3, 0.4) is 0 Å². The zero-order chi connectivity index (χ0) is 13.3. The molecule has 2 rings (SSSR count). The number of nitrogens with zero attached hydrogens (tertiary/aromatic N) is 2. The van der Waals surface area contributed by atoms with Crippen LogP contribution < -0.4 is 11.5 Å². The maximum Gasteiger partial charge on any atom is 0.106 e. The molecule has 0 aliphatic rings. The first-order chi connectivity index (χ1) is 8.58. The first-order valence-electron chi connectivity index (χ1n) is 6.47. The molecule has 0 fully saturated rings. The number of aryl methyl sites for hydroxylation is 2. The average Bonchev–Trinajstić information content (AvgIpc) is 2.66. The third kappa shape index (κ3) is 2.13. The highest BCUT2D eigenvalue weighted by Gasteiger charge is 2.17. The molecule has 1 aromatic heterocycles. The smallest absolute Gasteiger partial charge is 0.106 e. The van der Waals surface area contributed by atoms with Gasteiger partial charge in [0.2, 0.25) is 0 Å². The van der Waals surface area contributed by atoms with E-state index in [9.17, 15) is 0 Å². The van der Waals surface area contributed by atoms with E-state index in [2.05, 4.69) is 34.7 Å². The highest BCUT2D eigenvalue weighted by molar-refractivity contribution is 5.76. The van der Waals surface area contributed by atoms with Gasteiger partial charge in [-0.3, -0.25) is 0 Å². The molecule has 0 aliphatic heterocycles. The predicted octanol–water partition coefficient (Wildman–Crippen LogP) is 1.87. The molecule has 4 heteroatoms. The zero-order valence-corrected chi connectivity index (χ0v) is 11.4. The minimum absolute atomic E-state index is 0.00767. The predicted molar refractivity (Wildman–Crippen MR) is 75.2 cm³/mol. The van der Waals surface area contributed by atoms with Gasteiger partial charge in [-0.25, -0.2) is 4.98 Å². The van der Waals surface area contributed by atoms with Gasteiger partial charge in [-0.15, -0.1) is 0 Å². The molecule has 1 aromatic carbocycles. The van der Waals surface area contributed by atoms with Gasteiger partial charge < -0.3 is 16.0 Å². The van der Waals surface area contributed by atoms with Crippen LogP contribution >= 0.6 is 0 Å². The van der Waals surface area contributed by atoms with Crippen LogP contribution in [0.4, 0.5) is 0 Å². The third-order valence-electron chi connectivity index (χ3n) is 3.85. The molecular weight excluding hydrogens is 224 g/mol. The Bertz CT molecular complexity index is 540. The van der Waals surface area contributed by atoms with E-state index in [1.165, 1.54) is 0 Å². The van der Waals surface area contributed by atoms with Gasteiger partial charge in [-0.05, 0) is 37.1 Å². The van der Waals surface area contributed by atoms with Gasteiger partial charge in [0.25, 0.3) is 0 Å². The Kier molecular flexibility index (Phi) is 3.68. The van der Waals surface area contributed by atoms with Crippen molar-refractivity contribution >= 4 is 11.0 Å². The highest BCUT2D eigenvalue weighted by Crippen LogP contribution is 2.25. The molecule has 4 nitrogen and oxygen atoms in total. The fraction of sp³-hybridized carbons (Fsp3) is 0.500. The third-order valence-corrected chi connectivity index (χ3v) is 3.85. The van der Waals surface area contributed by atoms with Gasteiger partial charge in [-0.2, -0.15) is 0 Å². The van der Waals surface area contributed by atoms with Gasteiger partial charge in [-0.1, -0.05) is 19.4 Å². The second kappa shape index (κ2) is 5.08. The molecule has 0 bridgehead atoms. The van der Waals surface area contributed by atoms with Crippen LogP contribution in [0.5, 0.6) is 0 Å². The Hall–Kier alpha value is -1.39. The average molecular weight is 246 g/mol. The molecule has 2 unspecified atom stereocenters. The summed E-state index contributed by atoms with van der Waals surface area (Å²) >= 11 is 0. The Morgan fingerprint density at radius 3 is 2.72 bits per heavy atom. The van der Waals surface area contributed by atoms with Gasteiger partial charge in [0.05, 0.1) is 11.0 Å². The molecule has 0 spiro atoms. The molecule has 4 N–H and O–H groups in total. The van der Waals surface area contributed by atoms with Crippen LogP contribution in [-0.4, -0.2) is 16.1 Å². The lowest BCUT2D eigenvalue weighted by molar-refractivity contribution is 0.428. The topological polar surface area (TPSA) is 69.9 Å². The summed E-state index contributed by atoms with van der Waals surface area (Å²) in [5.41, 5.74) is 15.3. The molecule has 1 heterocycles. The summed E-state index contributed by atoms with van der Waals surface area (Å²) in [6.07, 6.45) is 0.997. The maximum absolute atomic E-state index is 6.28. The lowest BCUT2D eigenvalue weighted by Crippen LogP contribution is -2.27. The summed E-state index contributed by atoms with van der Waals surface area (Å²) in [5.74, 6) is 1.34. The largest absolute Gasteiger partial charge is 0.331 e. The normalized spacial score (nSPS) is 14.9. The standard InChI is InChI=1S/C14H22N4/c1-4-10(8-15)14(16)11-5-6-13-12(7-11)17-9(2)18(13)3/h5-7,10,14H,4,8,15-16H2,1-3H3. The Morgan fingerprint density at radius 1 is 1.39 bits per heavy atom. The van der Waals surface area contributed by atoms with E-state index in [0.717, 1.165) is 28.8 Å². The SMILES string of the molecule is CCC(CN)C(N)c1ccc2c(c1)nc(C)n2C. The lowest BCUT2D eigenvalue weighted by atomic mass is 9.91. The fourth-order valence-electron chi connectivity index (χ4n) is 2.38. The zero-order valence-electron chi connectivity index (χ0n) is 11.4. The number of rotatable bonds is 4. The number of imidazole rings is 1. The van der Waals surface area contributed by atoms with Crippen molar-refractivity contribution in [2.75, 3.05) is 6.54 Å². The van der Waals surface area contributed by atoms with Gasteiger partial charge >= 0.3 is 0 Å². The molecule has 2 atom stereocenters. The molecular formula is C14H22N4. The van der Waals surface area contributed by atoms with Crippen molar-refractivity contribution in [3.05, 3.63) is 29.6 Å². The van der Waals surface area contributed by atoms with Crippen molar-refractivity contribution in [2.24, 2.45) is 24.4 Å². The van der Waals surface area contributed by atoms with Crippen LogP contribution in [0.1, 0.15) is 30.8 Å². The first kappa shape index (κ1) is 13.1. The monoisotopic (exact) mass is 246 g/mol. The molecule has 0 radical (unpaired) electrons. The molecule has 0 amide bonds. The van der Waals surface area contributed by atoms with E-state index in [4.69, 9.17) is 11.5 Å². The maximum atomic E-state index is 6.28. The van der Waals surface area contributed by atoms with Crippen LogP contribution in [0.15, 0.2) is 18.2 Å². The molecule has 18 heavy (non-hydrogen) atoms.